The lowest BCUT2D eigenvalue weighted by atomic mass is 9.90. The molecule has 0 spiro atoms. The summed E-state index contributed by atoms with van der Waals surface area (Å²) in [6.07, 6.45) is 10.1. The number of hydrogen-bond acceptors (Lipinski definition) is 10. The molecule has 5 amide bonds. The van der Waals surface area contributed by atoms with Crippen molar-refractivity contribution in [1.29, 1.82) is 0 Å². The summed E-state index contributed by atoms with van der Waals surface area (Å²) in [7, 11) is 1.55. The van der Waals surface area contributed by atoms with E-state index in [1.165, 1.54) is 4.90 Å². The van der Waals surface area contributed by atoms with Crippen molar-refractivity contribution >= 4 is 35.5 Å². The lowest BCUT2D eigenvalue weighted by molar-refractivity contribution is -0.157. The maximum Gasteiger partial charge on any atom is 0.325 e. The van der Waals surface area contributed by atoms with E-state index in [9.17, 15) is 28.8 Å². The third-order valence-electron chi connectivity index (χ3n) is 9.81. The number of nitrogens with one attached hydrogen (secondary N) is 3. The van der Waals surface area contributed by atoms with Crippen molar-refractivity contribution in [3.05, 3.63) is 0 Å². The van der Waals surface area contributed by atoms with Crippen LogP contribution in [0.4, 0.5) is 0 Å². The number of unbranched alkanes of at least 4 members (excludes halogenated alkanes) is 3. The summed E-state index contributed by atoms with van der Waals surface area (Å²) in [5.74, 6) is -4.65. The Kier molecular flexibility index (Phi) is 23.8. The lowest BCUT2D eigenvalue weighted by Gasteiger charge is -2.34. The van der Waals surface area contributed by atoms with Crippen molar-refractivity contribution in [3.63, 3.8) is 0 Å². The van der Waals surface area contributed by atoms with E-state index in [0.717, 1.165) is 64.2 Å². The Bertz CT molecular complexity index is 1100. The fraction of sp³-hybridized carbons (Fsp3) is 0.838. The number of hydrogen-bond donors (Lipinski definition) is 6. The van der Waals surface area contributed by atoms with Gasteiger partial charge in [-0.3, -0.25) is 28.8 Å². The standard InChI is InChI=1S/C37H69N7O8/c1-6-8-9-14-19-30(52-31(45)23-41-34(47)25(3)24-51-21-15-20-38)26(4)37(50)44(5)29(16-7-2)35(48)43-32(27-17-12-10-11-13-18-27)36(49)42-28(22-39)33(40)46/h25-30,32H,6-24,38-39H2,1-5H3,(H2,40,46)(H,41,47)(H,42,49)(H,43,48)/t25-,26+,28-,29-,30+,32-/m0/s1. The van der Waals surface area contributed by atoms with Crippen LogP contribution < -0.4 is 33.2 Å². The molecule has 52 heavy (non-hydrogen) atoms. The van der Waals surface area contributed by atoms with Gasteiger partial charge in [-0.1, -0.05) is 79.1 Å². The van der Waals surface area contributed by atoms with Crippen LogP contribution in [0.15, 0.2) is 0 Å². The highest BCUT2D eigenvalue weighted by molar-refractivity contribution is 5.94. The smallest absolute Gasteiger partial charge is 0.325 e. The van der Waals surface area contributed by atoms with E-state index in [0.29, 0.717) is 38.8 Å². The first-order chi connectivity index (χ1) is 24.8. The Hall–Kier alpha value is -3.30. The second kappa shape index (κ2) is 26.5. The van der Waals surface area contributed by atoms with Crippen molar-refractivity contribution in [1.82, 2.24) is 20.9 Å². The maximum atomic E-state index is 14.0. The van der Waals surface area contributed by atoms with Crippen LogP contribution in [0.2, 0.25) is 0 Å². The van der Waals surface area contributed by atoms with Gasteiger partial charge in [-0.15, -0.1) is 0 Å². The maximum absolute atomic E-state index is 14.0. The third kappa shape index (κ3) is 17.0. The molecule has 1 aliphatic rings. The number of nitrogens with zero attached hydrogens (tertiary/aromatic N) is 1. The first-order valence-corrected chi connectivity index (χ1v) is 19.4. The molecule has 6 atom stereocenters. The van der Waals surface area contributed by atoms with Crippen LogP contribution in [-0.2, 0) is 38.2 Å². The van der Waals surface area contributed by atoms with Gasteiger partial charge in [0.25, 0.3) is 0 Å². The third-order valence-corrected chi connectivity index (χ3v) is 9.81. The van der Waals surface area contributed by atoms with Gasteiger partial charge in [-0.2, -0.15) is 0 Å². The van der Waals surface area contributed by atoms with Crippen LogP contribution in [0.1, 0.15) is 118 Å². The number of primary amides is 1. The SMILES string of the molecule is CCCCCC[C@@H](OC(=O)CNC(=O)[C@@H](C)COCCCN)[C@@H](C)C(=O)N(C)[C@@H](CCC)C(=O)N[C@H](C(=O)N[C@@H](CN)C(N)=O)C1CCCCCC1. The summed E-state index contributed by atoms with van der Waals surface area (Å²) in [6, 6.07) is -2.93. The number of likely N-dealkylation sites (N-methyl/N-ethyl adjacent to an activating group) is 1. The summed E-state index contributed by atoms with van der Waals surface area (Å²) in [5, 5.41) is 8.13. The molecular formula is C37H69N7O8. The molecule has 300 valence electrons. The van der Waals surface area contributed by atoms with Gasteiger partial charge in [0.05, 0.1) is 18.4 Å². The number of nitrogens with two attached hydrogens (primary N) is 3. The van der Waals surface area contributed by atoms with Crippen molar-refractivity contribution in [2.24, 2.45) is 35.0 Å². The van der Waals surface area contributed by atoms with Crippen molar-refractivity contribution < 1.29 is 38.2 Å². The van der Waals surface area contributed by atoms with E-state index in [-0.39, 0.29) is 37.4 Å². The molecule has 0 unspecified atom stereocenters. The summed E-state index contributed by atoms with van der Waals surface area (Å²) in [4.78, 5) is 80.3. The van der Waals surface area contributed by atoms with E-state index in [4.69, 9.17) is 26.7 Å². The number of esters is 1. The van der Waals surface area contributed by atoms with E-state index in [1.807, 2.05) is 6.92 Å². The van der Waals surface area contributed by atoms with E-state index in [2.05, 4.69) is 22.9 Å². The molecule has 0 bridgehead atoms. The van der Waals surface area contributed by atoms with E-state index >= 15 is 0 Å². The summed E-state index contributed by atoms with van der Waals surface area (Å²) < 4.78 is 11.3. The van der Waals surface area contributed by atoms with Gasteiger partial charge in [0.1, 0.15) is 30.8 Å². The van der Waals surface area contributed by atoms with Gasteiger partial charge in [-0.05, 0) is 51.0 Å². The molecular weight excluding hydrogens is 670 g/mol. The van der Waals surface area contributed by atoms with Crippen LogP contribution in [0.25, 0.3) is 0 Å². The van der Waals surface area contributed by atoms with Gasteiger partial charge in [0.2, 0.25) is 29.5 Å². The Morgan fingerprint density at radius 3 is 2.08 bits per heavy atom. The first kappa shape index (κ1) is 46.7. The molecule has 0 aromatic heterocycles. The summed E-state index contributed by atoms with van der Waals surface area (Å²) >= 11 is 0. The molecule has 0 saturated heterocycles. The zero-order chi connectivity index (χ0) is 39.1. The fourth-order valence-electron chi connectivity index (χ4n) is 6.46. The normalized spacial score (nSPS) is 17.0. The highest BCUT2D eigenvalue weighted by Gasteiger charge is 2.38. The largest absolute Gasteiger partial charge is 0.460 e. The number of ether oxygens (including phenoxy) is 2. The summed E-state index contributed by atoms with van der Waals surface area (Å²) in [5.41, 5.74) is 16.6. The highest BCUT2D eigenvalue weighted by atomic mass is 16.5. The molecule has 0 aromatic carbocycles. The molecule has 15 nitrogen and oxygen atoms in total. The van der Waals surface area contributed by atoms with Crippen LogP contribution >= 0.6 is 0 Å². The predicted molar refractivity (Wildman–Crippen MR) is 199 cm³/mol. The minimum absolute atomic E-state index is 0.168. The Morgan fingerprint density at radius 2 is 1.50 bits per heavy atom. The van der Waals surface area contributed by atoms with Gasteiger partial charge >= 0.3 is 5.97 Å². The van der Waals surface area contributed by atoms with Gasteiger partial charge < -0.3 is 47.5 Å². The minimum atomic E-state index is -1.08. The number of amides is 5. The predicted octanol–water partition coefficient (Wildman–Crippen LogP) is 1.63. The average Bonchev–Trinajstić information content (AvgIpc) is 3.42. The van der Waals surface area contributed by atoms with E-state index in [1.54, 1.807) is 20.9 Å². The quantitative estimate of drug-likeness (QED) is 0.0426. The first-order valence-electron chi connectivity index (χ1n) is 19.4. The van der Waals surface area contributed by atoms with Gasteiger partial charge in [0, 0.05) is 20.2 Å². The van der Waals surface area contributed by atoms with Crippen LogP contribution in [0, 0.1) is 17.8 Å². The fourth-order valence-corrected chi connectivity index (χ4v) is 6.46. The number of carbonyl (C=O) groups is 6. The average molecular weight is 740 g/mol. The Labute approximate surface area is 310 Å². The second-order valence-electron chi connectivity index (χ2n) is 14.2. The Balaban J connectivity index is 3.12. The Morgan fingerprint density at radius 1 is 0.827 bits per heavy atom. The van der Waals surface area contributed by atoms with Crippen molar-refractivity contribution in [2.45, 2.75) is 142 Å². The second-order valence-corrected chi connectivity index (χ2v) is 14.2. The van der Waals surface area contributed by atoms with Gasteiger partial charge in [-0.25, -0.2) is 0 Å². The summed E-state index contributed by atoms with van der Waals surface area (Å²) in [6.45, 7) is 7.94. The van der Waals surface area contributed by atoms with Crippen LogP contribution in [-0.4, -0.2) is 105 Å². The van der Waals surface area contributed by atoms with Crippen LogP contribution in [0.3, 0.4) is 0 Å². The molecule has 0 radical (unpaired) electrons. The lowest BCUT2D eigenvalue weighted by Crippen LogP contribution is -2.60. The molecule has 0 aromatic rings. The van der Waals surface area contributed by atoms with E-state index < -0.39 is 59.8 Å². The van der Waals surface area contributed by atoms with Crippen molar-refractivity contribution in [2.75, 3.05) is 39.9 Å². The highest BCUT2D eigenvalue weighted by Crippen LogP contribution is 2.27. The zero-order valence-corrected chi connectivity index (χ0v) is 32.4. The minimum Gasteiger partial charge on any atom is -0.460 e. The molecule has 9 N–H and O–H groups in total. The number of rotatable bonds is 26. The van der Waals surface area contributed by atoms with Crippen molar-refractivity contribution in [3.8, 4) is 0 Å². The molecule has 1 aliphatic carbocycles. The number of carbonyl (C=O) groups excluding carboxylic acids is 6. The molecule has 0 heterocycles. The van der Waals surface area contributed by atoms with Gasteiger partial charge in [0.15, 0.2) is 0 Å². The monoisotopic (exact) mass is 740 g/mol. The molecule has 15 heteroatoms. The molecule has 1 rings (SSSR count). The zero-order valence-electron chi connectivity index (χ0n) is 32.4. The molecule has 0 aliphatic heterocycles. The molecule has 1 saturated carbocycles. The topological polar surface area (TPSA) is 238 Å². The molecule has 1 fully saturated rings. The van der Waals surface area contributed by atoms with Crippen LogP contribution in [0.5, 0.6) is 0 Å².